The number of hydrogen-bond acceptors (Lipinski definition) is 3. The lowest BCUT2D eigenvalue weighted by Gasteiger charge is -2.55. The number of hydrogen-bond donors (Lipinski definition) is 2. The predicted octanol–water partition coefficient (Wildman–Crippen LogP) is 3.68. The van der Waals surface area contributed by atoms with Gasteiger partial charge in [-0.25, -0.2) is 0 Å². The normalized spacial score (nSPS) is 30.9. The Morgan fingerprint density at radius 1 is 1.11 bits per heavy atom. The number of carbonyl (C=O) groups excluding carboxylic acids is 2. The smallest absolute Gasteiger partial charge is 0.243 e. The SMILES string of the molecule is CN(C)c1ccc(Cl)cc1NC(=O)CNC(=O)C12CC3CC(CC(C3)C1)C2. The van der Waals surface area contributed by atoms with Crippen molar-refractivity contribution in [3.8, 4) is 0 Å². The van der Waals surface area contributed by atoms with E-state index in [4.69, 9.17) is 11.6 Å². The van der Waals surface area contributed by atoms with Crippen molar-refractivity contribution in [3.05, 3.63) is 23.2 Å². The predicted molar refractivity (Wildman–Crippen MR) is 108 cm³/mol. The molecule has 5 rings (SSSR count). The van der Waals surface area contributed by atoms with E-state index in [1.54, 1.807) is 12.1 Å². The fraction of sp³-hybridized carbons (Fsp3) is 0.619. The van der Waals surface area contributed by atoms with Crippen LogP contribution in [0.2, 0.25) is 5.02 Å². The molecule has 0 unspecified atom stereocenters. The zero-order valence-corrected chi connectivity index (χ0v) is 16.8. The molecule has 6 heteroatoms. The van der Waals surface area contributed by atoms with Gasteiger partial charge < -0.3 is 15.5 Å². The van der Waals surface area contributed by atoms with Crippen molar-refractivity contribution in [2.45, 2.75) is 38.5 Å². The third-order valence-electron chi connectivity index (χ3n) is 6.64. The molecule has 1 aromatic carbocycles. The minimum absolute atomic E-state index is 0.0000345. The minimum Gasteiger partial charge on any atom is -0.376 e. The van der Waals surface area contributed by atoms with Gasteiger partial charge in [-0.1, -0.05) is 11.6 Å². The molecule has 0 aliphatic heterocycles. The second-order valence-corrected chi connectivity index (χ2v) is 9.42. The highest BCUT2D eigenvalue weighted by molar-refractivity contribution is 6.31. The number of carbonyl (C=O) groups is 2. The van der Waals surface area contributed by atoms with Crippen molar-refractivity contribution in [1.29, 1.82) is 0 Å². The summed E-state index contributed by atoms with van der Waals surface area (Å²) in [6.07, 6.45) is 6.92. The van der Waals surface area contributed by atoms with Crippen LogP contribution < -0.4 is 15.5 Å². The van der Waals surface area contributed by atoms with Gasteiger partial charge in [0.05, 0.1) is 17.9 Å². The second-order valence-electron chi connectivity index (χ2n) is 8.98. The van der Waals surface area contributed by atoms with Crippen molar-refractivity contribution in [3.63, 3.8) is 0 Å². The number of anilines is 2. The van der Waals surface area contributed by atoms with E-state index in [1.165, 1.54) is 19.3 Å². The molecule has 0 heterocycles. The number of rotatable bonds is 5. The largest absolute Gasteiger partial charge is 0.376 e. The van der Waals surface area contributed by atoms with Crippen molar-refractivity contribution < 1.29 is 9.59 Å². The van der Waals surface area contributed by atoms with Gasteiger partial charge in [-0.3, -0.25) is 9.59 Å². The summed E-state index contributed by atoms with van der Waals surface area (Å²) in [4.78, 5) is 27.3. The average molecular weight is 390 g/mol. The van der Waals surface area contributed by atoms with Gasteiger partial charge in [0.25, 0.3) is 0 Å². The fourth-order valence-corrected chi connectivity index (χ4v) is 6.10. The second kappa shape index (κ2) is 7.01. The molecule has 2 N–H and O–H groups in total. The first-order valence-corrected chi connectivity index (χ1v) is 10.3. The van der Waals surface area contributed by atoms with Crippen LogP contribution in [0.1, 0.15) is 38.5 Å². The number of nitrogens with zero attached hydrogens (tertiary/aromatic N) is 1. The van der Waals surface area contributed by atoms with E-state index in [2.05, 4.69) is 10.6 Å². The van der Waals surface area contributed by atoms with Gasteiger partial charge in [0.15, 0.2) is 0 Å². The summed E-state index contributed by atoms with van der Waals surface area (Å²) in [5.74, 6) is 1.99. The molecule has 4 aliphatic rings. The van der Waals surface area contributed by atoms with Crippen LogP contribution in [0, 0.1) is 23.2 Å². The van der Waals surface area contributed by atoms with Crippen LogP contribution in [0.3, 0.4) is 0 Å². The molecule has 2 amide bonds. The molecule has 5 nitrogen and oxygen atoms in total. The lowest BCUT2D eigenvalue weighted by molar-refractivity contribution is -0.146. The molecule has 4 bridgehead atoms. The highest BCUT2D eigenvalue weighted by atomic mass is 35.5. The van der Waals surface area contributed by atoms with Gasteiger partial charge >= 0.3 is 0 Å². The summed E-state index contributed by atoms with van der Waals surface area (Å²) in [6, 6.07) is 5.39. The first-order chi connectivity index (χ1) is 12.8. The molecular weight excluding hydrogens is 362 g/mol. The summed E-state index contributed by atoms with van der Waals surface area (Å²) in [7, 11) is 3.82. The van der Waals surface area contributed by atoms with Crippen molar-refractivity contribution >= 4 is 34.8 Å². The summed E-state index contributed by atoms with van der Waals surface area (Å²) in [5.41, 5.74) is 1.31. The van der Waals surface area contributed by atoms with Gasteiger partial charge in [0, 0.05) is 24.5 Å². The molecular formula is C21H28ClN3O2. The number of nitrogens with one attached hydrogen (secondary N) is 2. The van der Waals surface area contributed by atoms with Crippen LogP contribution in [0.5, 0.6) is 0 Å². The van der Waals surface area contributed by atoms with E-state index < -0.39 is 0 Å². The quantitative estimate of drug-likeness (QED) is 0.807. The van der Waals surface area contributed by atoms with Gasteiger partial charge in [0.1, 0.15) is 0 Å². The standard InChI is InChI=1S/C21H28ClN3O2/c1-25(2)18-4-3-16(22)8-17(18)24-19(26)12-23-20(27)21-9-13-5-14(10-21)7-15(6-13)11-21/h3-4,8,13-15H,5-7,9-12H2,1-2H3,(H,23,27)(H,24,26). The Hall–Kier alpha value is -1.75. The topological polar surface area (TPSA) is 61.4 Å². The number of amides is 2. The van der Waals surface area contributed by atoms with Crippen LogP contribution >= 0.6 is 11.6 Å². The van der Waals surface area contributed by atoms with Crippen molar-refractivity contribution in [2.75, 3.05) is 30.9 Å². The first-order valence-electron chi connectivity index (χ1n) is 9.90. The summed E-state index contributed by atoms with van der Waals surface area (Å²) in [6.45, 7) is -0.0000345. The van der Waals surface area contributed by atoms with Crippen LogP contribution in [0.15, 0.2) is 18.2 Å². The van der Waals surface area contributed by atoms with E-state index >= 15 is 0 Å². The zero-order valence-electron chi connectivity index (χ0n) is 16.1. The van der Waals surface area contributed by atoms with Crippen LogP contribution in [-0.2, 0) is 9.59 Å². The number of halogens is 1. The van der Waals surface area contributed by atoms with Gasteiger partial charge in [-0.15, -0.1) is 0 Å². The lowest BCUT2D eigenvalue weighted by atomic mass is 9.49. The van der Waals surface area contributed by atoms with Gasteiger partial charge in [-0.2, -0.15) is 0 Å². The molecule has 4 fully saturated rings. The maximum Gasteiger partial charge on any atom is 0.243 e. The highest BCUT2D eigenvalue weighted by Gasteiger charge is 2.54. The Balaban J connectivity index is 1.37. The Labute approximate surface area is 165 Å². The summed E-state index contributed by atoms with van der Waals surface area (Å²) < 4.78 is 0. The molecule has 0 aromatic heterocycles. The van der Waals surface area contributed by atoms with E-state index in [1.807, 2.05) is 25.1 Å². The Bertz CT molecular complexity index is 727. The van der Waals surface area contributed by atoms with Crippen LogP contribution in [-0.4, -0.2) is 32.5 Å². The molecule has 146 valence electrons. The maximum atomic E-state index is 13.0. The first kappa shape index (κ1) is 18.6. The third kappa shape index (κ3) is 3.66. The molecule has 4 aliphatic carbocycles. The molecule has 0 radical (unpaired) electrons. The molecule has 1 aromatic rings. The molecule has 0 atom stereocenters. The average Bonchev–Trinajstić information content (AvgIpc) is 2.58. The van der Waals surface area contributed by atoms with E-state index in [9.17, 15) is 9.59 Å². The van der Waals surface area contributed by atoms with Crippen LogP contribution in [0.4, 0.5) is 11.4 Å². The minimum atomic E-state index is -0.224. The highest BCUT2D eigenvalue weighted by Crippen LogP contribution is 2.60. The van der Waals surface area contributed by atoms with E-state index in [-0.39, 0.29) is 23.8 Å². The third-order valence-corrected chi connectivity index (χ3v) is 6.88. The fourth-order valence-electron chi connectivity index (χ4n) is 5.93. The van der Waals surface area contributed by atoms with Gasteiger partial charge in [0.2, 0.25) is 11.8 Å². The summed E-state index contributed by atoms with van der Waals surface area (Å²) in [5, 5.41) is 6.37. The number of benzene rings is 1. The molecule has 27 heavy (non-hydrogen) atoms. The zero-order chi connectivity index (χ0) is 19.2. The summed E-state index contributed by atoms with van der Waals surface area (Å²) >= 11 is 6.07. The maximum absolute atomic E-state index is 13.0. The molecule has 0 spiro atoms. The Morgan fingerprint density at radius 2 is 1.70 bits per heavy atom. The lowest BCUT2D eigenvalue weighted by Crippen LogP contribution is -2.54. The van der Waals surface area contributed by atoms with E-state index in [0.29, 0.717) is 28.5 Å². The Morgan fingerprint density at radius 3 is 2.26 bits per heavy atom. The van der Waals surface area contributed by atoms with Crippen molar-refractivity contribution in [1.82, 2.24) is 5.32 Å². The van der Waals surface area contributed by atoms with Crippen molar-refractivity contribution in [2.24, 2.45) is 23.2 Å². The van der Waals surface area contributed by atoms with Gasteiger partial charge in [-0.05, 0) is 74.5 Å². The van der Waals surface area contributed by atoms with E-state index in [0.717, 1.165) is 24.9 Å². The Kier molecular flexibility index (Phi) is 4.83. The molecule has 4 saturated carbocycles. The monoisotopic (exact) mass is 389 g/mol. The van der Waals surface area contributed by atoms with Crippen LogP contribution in [0.25, 0.3) is 0 Å². The molecule has 0 saturated heterocycles.